The minimum Gasteiger partial charge on any atom is -0.486 e. The minimum absolute atomic E-state index is 0.0784. The van der Waals surface area contributed by atoms with E-state index in [1.165, 1.54) is 11.8 Å². The highest BCUT2D eigenvalue weighted by Crippen LogP contribution is 2.38. The van der Waals surface area contributed by atoms with Gasteiger partial charge in [0.15, 0.2) is 5.82 Å². The topological polar surface area (TPSA) is 81.1 Å². The van der Waals surface area contributed by atoms with Crippen molar-refractivity contribution in [3.05, 3.63) is 101 Å². The highest BCUT2D eigenvalue weighted by Gasteiger charge is 2.38. The molecule has 0 aliphatic carbocycles. The van der Waals surface area contributed by atoms with E-state index in [2.05, 4.69) is 59.1 Å². The standard InChI is InChI=1S/C27H27N5O2S/c1-3-19-9-7-8-12-22(19)28-26(33)25-24(20-15-13-18(2)14-16-20)31-32-23(29-30-27(32)35-25)17-34-21-10-5-4-6-11-21/h4-16,24-25,31H,3,17H2,1-2H3,(H,28,33)/t24-,25-/m1/s1. The van der Waals surface area contributed by atoms with Crippen molar-refractivity contribution in [3.8, 4) is 5.75 Å². The molecule has 0 spiro atoms. The van der Waals surface area contributed by atoms with Crippen molar-refractivity contribution in [1.82, 2.24) is 14.9 Å². The van der Waals surface area contributed by atoms with Crippen LogP contribution in [0.2, 0.25) is 0 Å². The van der Waals surface area contributed by atoms with Crippen molar-refractivity contribution in [2.24, 2.45) is 0 Å². The van der Waals surface area contributed by atoms with Gasteiger partial charge in [0.05, 0.1) is 6.04 Å². The van der Waals surface area contributed by atoms with Gasteiger partial charge in [0.1, 0.15) is 17.6 Å². The number of aryl methyl sites for hydroxylation is 2. The van der Waals surface area contributed by atoms with Crippen LogP contribution in [-0.2, 0) is 17.8 Å². The van der Waals surface area contributed by atoms with Crippen LogP contribution in [0.5, 0.6) is 5.75 Å². The molecule has 0 unspecified atom stereocenters. The summed E-state index contributed by atoms with van der Waals surface area (Å²) < 4.78 is 7.74. The summed E-state index contributed by atoms with van der Waals surface area (Å²) in [5, 5.41) is 12.0. The van der Waals surface area contributed by atoms with E-state index in [4.69, 9.17) is 4.74 Å². The van der Waals surface area contributed by atoms with Crippen LogP contribution in [0.4, 0.5) is 5.69 Å². The Bertz CT molecular complexity index is 1310. The molecule has 3 aromatic carbocycles. The highest BCUT2D eigenvalue weighted by molar-refractivity contribution is 8.00. The Morgan fingerprint density at radius 2 is 1.77 bits per heavy atom. The third kappa shape index (κ3) is 5.02. The molecule has 0 bridgehead atoms. The Morgan fingerprint density at radius 3 is 2.54 bits per heavy atom. The maximum absolute atomic E-state index is 13.6. The zero-order valence-electron chi connectivity index (χ0n) is 19.6. The van der Waals surface area contributed by atoms with Gasteiger partial charge >= 0.3 is 0 Å². The molecule has 35 heavy (non-hydrogen) atoms. The van der Waals surface area contributed by atoms with Crippen LogP contribution in [0.1, 0.15) is 35.5 Å². The van der Waals surface area contributed by atoms with Gasteiger partial charge in [-0.2, -0.15) is 0 Å². The molecule has 0 radical (unpaired) electrons. The highest BCUT2D eigenvalue weighted by atomic mass is 32.2. The molecule has 0 saturated carbocycles. The van der Waals surface area contributed by atoms with Crippen LogP contribution in [0.3, 0.4) is 0 Å². The molecule has 178 valence electrons. The molecule has 1 aliphatic rings. The Balaban J connectivity index is 1.43. The van der Waals surface area contributed by atoms with E-state index >= 15 is 0 Å². The summed E-state index contributed by atoms with van der Waals surface area (Å²) in [5.74, 6) is 1.32. The summed E-state index contributed by atoms with van der Waals surface area (Å²) in [6, 6.07) is 25.5. The average molecular weight is 486 g/mol. The van der Waals surface area contributed by atoms with Gasteiger partial charge in [0, 0.05) is 5.69 Å². The number of ether oxygens (including phenoxy) is 1. The Labute approximate surface area is 208 Å². The smallest absolute Gasteiger partial charge is 0.240 e. The first-order chi connectivity index (χ1) is 17.1. The number of nitrogens with zero attached hydrogens (tertiary/aromatic N) is 3. The van der Waals surface area contributed by atoms with E-state index in [0.29, 0.717) is 11.0 Å². The predicted octanol–water partition coefficient (Wildman–Crippen LogP) is 5.13. The Kier molecular flexibility index (Phi) is 6.72. The van der Waals surface area contributed by atoms with Crippen LogP contribution in [0, 0.1) is 6.92 Å². The molecule has 1 amide bonds. The lowest BCUT2D eigenvalue weighted by atomic mass is 10.0. The summed E-state index contributed by atoms with van der Waals surface area (Å²) >= 11 is 1.41. The first-order valence-corrected chi connectivity index (χ1v) is 12.5. The number of thioether (sulfide) groups is 1. The largest absolute Gasteiger partial charge is 0.486 e. The summed E-state index contributed by atoms with van der Waals surface area (Å²) in [6.07, 6.45) is 0.840. The number of nitrogens with one attached hydrogen (secondary N) is 2. The predicted molar refractivity (Wildman–Crippen MR) is 138 cm³/mol. The van der Waals surface area contributed by atoms with E-state index in [1.807, 2.05) is 59.3 Å². The molecular weight excluding hydrogens is 458 g/mol. The molecule has 1 aromatic heterocycles. The van der Waals surface area contributed by atoms with Crippen LogP contribution in [0.25, 0.3) is 0 Å². The van der Waals surface area contributed by atoms with E-state index in [-0.39, 0.29) is 18.6 Å². The summed E-state index contributed by atoms with van der Waals surface area (Å²) in [6.45, 7) is 4.39. The zero-order valence-corrected chi connectivity index (χ0v) is 20.5. The molecule has 0 fully saturated rings. The normalized spacial score (nSPS) is 16.7. The van der Waals surface area contributed by atoms with Crippen LogP contribution < -0.4 is 15.5 Å². The molecule has 5 rings (SSSR count). The lowest BCUT2D eigenvalue weighted by Crippen LogP contribution is -2.41. The molecule has 1 aliphatic heterocycles. The van der Waals surface area contributed by atoms with Crippen LogP contribution >= 0.6 is 11.8 Å². The number of carbonyl (C=O) groups excluding carboxylic acids is 1. The second-order valence-electron chi connectivity index (χ2n) is 8.39. The lowest BCUT2D eigenvalue weighted by molar-refractivity contribution is -0.116. The van der Waals surface area contributed by atoms with Crippen molar-refractivity contribution in [1.29, 1.82) is 0 Å². The van der Waals surface area contributed by atoms with Crippen LogP contribution in [-0.4, -0.2) is 26.0 Å². The van der Waals surface area contributed by atoms with Crippen molar-refractivity contribution in [2.45, 2.75) is 43.3 Å². The molecular formula is C27H27N5O2S. The van der Waals surface area contributed by atoms with Gasteiger partial charge in [-0.15, -0.1) is 10.2 Å². The number of rotatable bonds is 7. The molecule has 8 heteroatoms. The molecule has 2 N–H and O–H groups in total. The number of aromatic nitrogens is 3. The van der Waals surface area contributed by atoms with Gasteiger partial charge in [-0.05, 0) is 42.7 Å². The first-order valence-electron chi connectivity index (χ1n) is 11.6. The van der Waals surface area contributed by atoms with E-state index in [9.17, 15) is 4.79 Å². The minimum atomic E-state index is -0.442. The number of amides is 1. The van der Waals surface area contributed by atoms with Gasteiger partial charge < -0.3 is 15.5 Å². The second-order valence-corrected chi connectivity index (χ2v) is 9.50. The fourth-order valence-electron chi connectivity index (χ4n) is 4.04. The number of anilines is 1. The molecule has 2 atom stereocenters. The third-order valence-corrected chi connectivity index (χ3v) is 7.18. The van der Waals surface area contributed by atoms with Gasteiger partial charge in [-0.3, -0.25) is 4.79 Å². The van der Waals surface area contributed by atoms with E-state index < -0.39 is 5.25 Å². The van der Waals surface area contributed by atoms with Gasteiger partial charge in [0.2, 0.25) is 11.1 Å². The Morgan fingerprint density at radius 1 is 1.03 bits per heavy atom. The van der Waals surface area contributed by atoms with Crippen molar-refractivity contribution in [2.75, 3.05) is 10.7 Å². The Hall–Kier alpha value is -3.78. The fraction of sp³-hybridized carbons (Fsp3) is 0.222. The first kappa shape index (κ1) is 23.0. The lowest BCUT2D eigenvalue weighted by Gasteiger charge is -2.33. The van der Waals surface area contributed by atoms with Crippen molar-refractivity contribution < 1.29 is 9.53 Å². The monoisotopic (exact) mass is 485 g/mol. The molecule has 7 nitrogen and oxygen atoms in total. The molecule has 4 aromatic rings. The van der Waals surface area contributed by atoms with Crippen LogP contribution in [0.15, 0.2) is 84.0 Å². The average Bonchev–Trinajstić information content (AvgIpc) is 3.30. The number of carbonyl (C=O) groups is 1. The number of fused-ring (bicyclic) bond motifs is 1. The van der Waals surface area contributed by atoms with Gasteiger partial charge in [-0.1, -0.05) is 84.9 Å². The van der Waals surface area contributed by atoms with Crippen molar-refractivity contribution in [3.63, 3.8) is 0 Å². The fourth-order valence-corrected chi connectivity index (χ4v) is 5.13. The third-order valence-electron chi connectivity index (χ3n) is 5.97. The quantitative estimate of drug-likeness (QED) is 0.378. The second kappa shape index (κ2) is 10.2. The zero-order chi connectivity index (χ0) is 24.2. The maximum atomic E-state index is 13.6. The maximum Gasteiger partial charge on any atom is 0.240 e. The van der Waals surface area contributed by atoms with Gasteiger partial charge in [0.25, 0.3) is 0 Å². The van der Waals surface area contributed by atoms with E-state index in [1.54, 1.807) is 0 Å². The number of para-hydroxylation sites is 2. The number of hydrogen-bond acceptors (Lipinski definition) is 6. The van der Waals surface area contributed by atoms with Crippen molar-refractivity contribution >= 4 is 23.4 Å². The van der Waals surface area contributed by atoms with E-state index in [0.717, 1.165) is 34.5 Å². The summed E-state index contributed by atoms with van der Waals surface area (Å²) in [7, 11) is 0. The number of hydrogen-bond donors (Lipinski definition) is 2. The summed E-state index contributed by atoms with van der Waals surface area (Å²) in [4.78, 5) is 13.6. The SMILES string of the molecule is CCc1ccccc1NC(=O)[C@@H]1Sc2nnc(COc3ccccc3)n2N[C@@H]1c1ccc(C)cc1. The number of benzene rings is 3. The van der Waals surface area contributed by atoms with Gasteiger partial charge in [-0.25, -0.2) is 4.68 Å². The molecule has 0 saturated heterocycles. The molecule has 2 heterocycles. The summed E-state index contributed by atoms with van der Waals surface area (Å²) in [5.41, 5.74) is 7.61.